The smallest absolute Gasteiger partial charge is 0.394 e. The number of nitrogens with one attached hydrogen (secondary N) is 2. The molecule has 41 heavy (non-hydrogen) atoms. The van der Waals surface area contributed by atoms with E-state index in [9.17, 15) is 27.6 Å². The molecule has 1 amide bonds. The first-order valence-electron chi connectivity index (χ1n) is 12.4. The van der Waals surface area contributed by atoms with E-state index < -0.39 is 28.5 Å². The van der Waals surface area contributed by atoms with Gasteiger partial charge in [0.05, 0.1) is 5.56 Å². The van der Waals surface area contributed by atoms with Crippen molar-refractivity contribution in [3.8, 4) is 11.3 Å². The fourth-order valence-electron chi connectivity index (χ4n) is 4.92. The molecule has 0 saturated heterocycles. The number of hydrogen-bond donors (Lipinski definition) is 4. The van der Waals surface area contributed by atoms with Crippen LogP contribution in [0.25, 0.3) is 16.8 Å². The molecule has 1 saturated carbocycles. The first-order valence-corrected chi connectivity index (χ1v) is 12.4. The van der Waals surface area contributed by atoms with Gasteiger partial charge in [0.2, 0.25) is 0 Å². The molecule has 6 rings (SSSR count). The number of aromatic nitrogens is 4. The average Bonchev–Trinajstić information content (AvgIpc) is 3.32. The maximum absolute atomic E-state index is 13.0. The molecule has 1 aliphatic carbocycles. The van der Waals surface area contributed by atoms with Crippen LogP contribution in [0.2, 0.25) is 0 Å². The highest BCUT2D eigenvalue weighted by Crippen LogP contribution is 2.41. The van der Waals surface area contributed by atoms with Gasteiger partial charge in [0.25, 0.3) is 16.8 Å². The number of carbonyl (C=O) groups excluding carboxylic acids is 1. The fraction of sp³-hybridized carbons (Fsp3) is 0.185. The number of benzene rings is 1. The summed E-state index contributed by atoms with van der Waals surface area (Å²) < 4.78 is 40.8. The summed E-state index contributed by atoms with van der Waals surface area (Å²) >= 11 is 0. The summed E-state index contributed by atoms with van der Waals surface area (Å²) in [6.07, 6.45) is 0.999. The van der Waals surface area contributed by atoms with Crippen LogP contribution in [0.15, 0.2) is 64.6 Å². The molecular weight excluding hydrogens is 541 g/mol. The topological polar surface area (TPSA) is 170 Å². The molecule has 0 aliphatic heterocycles. The summed E-state index contributed by atoms with van der Waals surface area (Å²) in [6, 6.07) is 7.89. The zero-order valence-electron chi connectivity index (χ0n) is 21.1. The van der Waals surface area contributed by atoms with Crippen molar-refractivity contribution in [1.82, 2.24) is 19.4 Å². The Hall–Kier alpha value is -5.27. The minimum atomic E-state index is -4.56. The largest absolute Gasteiger partial charge is 0.416 e. The van der Waals surface area contributed by atoms with E-state index in [4.69, 9.17) is 16.5 Å². The quantitative estimate of drug-likeness (QED) is 0.227. The second-order valence-corrected chi connectivity index (χ2v) is 9.77. The molecule has 0 radical (unpaired) electrons. The molecule has 11 nitrogen and oxygen atoms in total. The van der Waals surface area contributed by atoms with Crippen molar-refractivity contribution < 1.29 is 18.0 Å². The molecule has 2 aromatic carbocycles. The first-order chi connectivity index (χ1) is 19.5. The molecule has 14 heteroatoms. The maximum atomic E-state index is 13.0. The van der Waals surface area contributed by atoms with Crippen molar-refractivity contribution in [1.29, 1.82) is 0 Å². The molecule has 0 bridgehead atoms. The Morgan fingerprint density at radius 1 is 1.00 bits per heavy atom. The SMILES string of the molecule is Nc1c(NC2CC(c3nc(-c4ccc(C(=O)Nc5cc(C(F)(F)F)ccn5)cc4)c4c(N)nccn34)C2)c(=O)c1=O. The number of anilines is 4. The lowest BCUT2D eigenvalue weighted by atomic mass is 9.79. The molecule has 0 spiro atoms. The van der Waals surface area contributed by atoms with Gasteiger partial charge < -0.3 is 22.1 Å². The van der Waals surface area contributed by atoms with Crippen LogP contribution >= 0.6 is 0 Å². The van der Waals surface area contributed by atoms with Gasteiger partial charge in [-0.1, -0.05) is 12.1 Å². The Bertz CT molecular complexity index is 1890. The Morgan fingerprint density at radius 3 is 2.41 bits per heavy atom. The van der Waals surface area contributed by atoms with Crippen LogP contribution < -0.4 is 33.0 Å². The van der Waals surface area contributed by atoms with E-state index in [1.807, 2.05) is 4.40 Å². The van der Waals surface area contributed by atoms with Crippen LogP contribution in [0.5, 0.6) is 0 Å². The number of alkyl halides is 3. The third-order valence-corrected chi connectivity index (χ3v) is 7.16. The van der Waals surface area contributed by atoms with Gasteiger partial charge in [-0.15, -0.1) is 0 Å². The van der Waals surface area contributed by atoms with E-state index >= 15 is 0 Å². The normalized spacial score (nSPS) is 17.0. The zero-order chi connectivity index (χ0) is 29.1. The van der Waals surface area contributed by atoms with Crippen LogP contribution in [0.1, 0.15) is 40.5 Å². The maximum Gasteiger partial charge on any atom is 0.416 e. The number of hydrogen-bond acceptors (Lipinski definition) is 9. The van der Waals surface area contributed by atoms with Crippen molar-refractivity contribution in [2.45, 2.75) is 31.0 Å². The average molecular weight is 563 g/mol. The van der Waals surface area contributed by atoms with Crippen molar-refractivity contribution in [2.75, 3.05) is 22.1 Å². The summed E-state index contributed by atoms with van der Waals surface area (Å²) in [4.78, 5) is 48.6. The molecule has 208 valence electrons. The lowest BCUT2D eigenvalue weighted by Gasteiger charge is -2.36. The van der Waals surface area contributed by atoms with E-state index in [0.717, 1.165) is 24.2 Å². The molecule has 3 aromatic heterocycles. The van der Waals surface area contributed by atoms with Gasteiger partial charge in [-0.3, -0.25) is 18.8 Å². The highest BCUT2D eigenvalue weighted by atomic mass is 19.4. The number of halogens is 3. The molecule has 0 atom stereocenters. The summed E-state index contributed by atoms with van der Waals surface area (Å²) in [5, 5.41) is 5.42. The molecule has 1 fully saturated rings. The predicted molar refractivity (Wildman–Crippen MR) is 145 cm³/mol. The number of nitrogen functional groups attached to an aromatic ring is 2. The van der Waals surface area contributed by atoms with Crippen LogP contribution in [0.3, 0.4) is 0 Å². The molecule has 6 N–H and O–H groups in total. The van der Waals surface area contributed by atoms with Gasteiger partial charge >= 0.3 is 6.18 Å². The third kappa shape index (κ3) is 4.52. The molecule has 3 heterocycles. The van der Waals surface area contributed by atoms with Gasteiger partial charge in [0.15, 0.2) is 0 Å². The minimum absolute atomic E-state index is 0.0215. The van der Waals surface area contributed by atoms with E-state index in [2.05, 4.69) is 20.6 Å². The van der Waals surface area contributed by atoms with E-state index in [-0.39, 0.29) is 40.5 Å². The standard InChI is InChI=1S/C27H21F3N8O3/c28-27(29,30)15-5-6-33-17(11-15)36-26(41)13-3-1-12(2-4-13)19-21-24(32)34-7-8-38(21)25(37-19)14-9-16(10-14)35-20-18(31)22(39)23(20)40/h1-8,11,14,16,35H,9-10,31H2,(H2,32,34)(H,33,36,41). The second-order valence-electron chi connectivity index (χ2n) is 9.77. The number of amides is 1. The van der Waals surface area contributed by atoms with E-state index in [1.54, 1.807) is 24.5 Å². The predicted octanol–water partition coefficient (Wildman–Crippen LogP) is 3.18. The molecule has 0 unspecified atom stereocenters. The van der Waals surface area contributed by atoms with Gasteiger partial charge in [0.1, 0.15) is 40.0 Å². The first kappa shape index (κ1) is 26.0. The molecular formula is C27H21F3N8O3. The van der Waals surface area contributed by atoms with Crippen LogP contribution in [-0.2, 0) is 6.18 Å². The number of nitrogens with two attached hydrogens (primary N) is 2. The molecule has 1 aliphatic rings. The fourth-order valence-corrected chi connectivity index (χ4v) is 4.92. The minimum Gasteiger partial charge on any atom is -0.394 e. The monoisotopic (exact) mass is 562 g/mol. The van der Waals surface area contributed by atoms with Crippen molar-refractivity contribution in [3.63, 3.8) is 0 Å². The number of carbonyl (C=O) groups is 1. The van der Waals surface area contributed by atoms with Gasteiger partial charge in [-0.2, -0.15) is 13.2 Å². The Kier molecular flexibility index (Phi) is 5.98. The van der Waals surface area contributed by atoms with Crippen molar-refractivity contribution >= 4 is 34.4 Å². The molecule has 5 aromatic rings. The van der Waals surface area contributed by atoms with Crippen molar-refractivity contribution in [2.24, 2.45) is 0 Å². The van der Waals surface area contributed by atoms with Gasteiger partial charge in [-0.25, -0.2) is 15.0 Å². The highest BCUT2D eigenvalue weighted by molar-refractivity contribution is 6.04. The van der Waals surface area contributed by atoms with Crippen LogP contribution in [-0.4, -0.2) is 31.3 Å². The number of pyridine rings is 1. The number of fused-ring (bicyclic) bond motifs is 1. The van der Waals surface area contributed by atoms with Gasteiger partial charge in [-0.05, 0) is 37.1 Å². The number of rotatable bonds is 6. The van der Waals surface area contributed by atoms with E-state index in [0.29, 0.717) is 29.6 Å². The third-order valence-electron chi connectivity index (χ3n) is 7.16. The summed E-state index contributed by atoms with van der Waals surface area (Å²) in [5.41, 5.74) is 11.7. The number of nitrogens with zero attached hydrogens (tertiary/aromatic N) is 4. The number of imidazole rings is 1. The zero-order valence-corrected chi connectivity index (χ0v) is 21.1. The van der Waals surface area contributed by atoms with Gasteiger partial charge in [0, 0.05) is 41.7 Å². The lowest BCUT2D eigenvalue weighted by molar-refractivity contribution is -0.137. The Labute approximate surface area is 228 Å². The summed E-state index contributed by atoms with van der Waals surface area (Å²) in [7, 11) is 0. The summed E-state index contributed by atoms with van der Waals surface area (Å²) in [5.74, 6) is 0.156. The highest BCUT2D eigenvalue weighted by Gasteiger charge is 2.36. The Balaban J connectivity index is 1.22. The van der Waals surface area contributed by atoms with Crippen LogP contribution in [0, 0.1) is 0 Å². The lowest BCUT2D eigenvalue weighted by Crippen LogP contribution is -2.43. The van der Waals surface area contributed by atoms with Crippen LogP contribution in [0.4, 0.5) is 36.2 Å². The van der Waals surface area contributed by atoms with Crippen molar-refractivity contribution in [3.05, 3.63) is 92.4 Å². The second kappa shape index (κ2) is 9.43. The Morgan fingerprint density at radius 2 is 1.73 bits per heavy atom. The summed E-state index contributed by atoms with van der Waals surface area (Å²) in [6.45, 7) is 0. The van der Waals surface area contributed by atoms with E-state index in [1.165, 1.54) is 12.1 Å².